The lowest BCUT2D eigenvalue weighted by Gasteiger charge is -2.47. The molecule has 1 aromatic heterocycles. The number of rotatable bonds is 5. The summed E-state index contributed by atoms with van der Waals surface area (Å²) < 4.78 is 16.1. The number of pyridine rings is 1. The quantitative estimate of drug-likeness (QED) is 0.181. The van der Waals surface area contributed by atoms with Crippen molar-refractivity contribution in [1.29, 1.82) is 0 Å². The maximum absolute atomic E-state index is 16.1. The van der Waals surface area contributed by atoms with Crippen molar-refractivity contribution in [3.05, 3.63) is 59.5 Å². The molecule has 5 rings (SSSR count). The maximum Gasteiger partial charge on any atom is 0.407 e. The lowest BCUT2D eigenvalue weighted by Crippen LogP contribution is -2.64. The molecular formula is C33H39FN4O2SSi. The molecule has 2 aromatic carbocycles. The Balaban J connectivity index is 1.55. The number of aromatic nitrogens is 1. The predicted molar refractivity (Wildman–Crippen MR) is 175 cm³/mol. The molecule has 3 aromatic rings. The standard InChI is InChI=1S/C33H39FN4O2SSi/c1-19(2)42(20(3)4,21(5)6)16-14-23-10-7-9-22-11-8-12-24(28(22)23)31-29(34)30(35)25(17-36-31)32(41)38-18-27-26(38)13-15-37(27)33(39)40/h7-12,17,19-21,26-27H,13,15,18H2,1-6H3,(H2,35,36)(H,39,40). The topological polar surface area (TPSA) is 82.7 Å². The van der Waals surface area contributed by atoms with E-state index < -0.39 is 20.0 Å². The maximum atomic E-state index is 16.1. The molecule has 0 aliphatic carbocycles. The lowest BCUT2D eigenvalue weighted by molar-refractivity contribution is 0.0767. The molecule has 0 bridgehead atoms. The Hall–Kier alpha value is -3.48. The van der Waals surface area contributed by atoms with Crippen molar-refractivity contribution in [2.75, 3.05) is 18.8 Å². The first-order valence-corrected chi connectivity index (χ1v) is 17.3. The van der Waals surface area contributed by atoms with Gasteiger partial charge in [-0.25, -0.2) is 9.18 Å². The summed E-state index contributed by atoms with van der Waals surface area (Å²) in [6, 6.07) is 11.7. The van der Waals surface area contributed by atoms with Gasteiger partial charge in [0, 0.05) is 35.8 Å². The molecule has 2 fully saturated rings. The molecular weight excluding hydrogens is 564 g/mol. The molecule has 220 valence electrons. The molecule has 0 spiro atoms. The number of nitrogens with zero attached hydrogens (tertiary/aromatic N) is 3. The molecule has 3 N–H and O–H groups in total. The van der Waals surface area contributed by atoms with Gasteiger partial charge < -0.3 is 20.6 Å². The van der Waals surface area contributed by atoms with Crippen LogP contribution in [0.5, 0.6) is 0 Å². The van der Waals surface area contributed by atoms with Gasteiger partial charge in [-0.1, -0.05) is 90.0 Å². The number of carboxylic acid groups (broad SMARTS) is 1. The van der Waals surface area contributed by atoms with Crippen molar-refractivity contribution in [3.63, 3.8) is 0 Å². The summed E-state index contributed by atoms with van der Waals surface area (Å²) in [7, 11) is -1.99. The third-order valence-electron chi connectivity index (χ3n) is 9.53. The number of fused-ring (bicyclic) bond motifs is 2. The molecule has 2 aliphatic heterocycles. The van der Waals surface area contributed by atoms with Crippen LogP contribution in [0.1, 0.15) is 59.1 Å². The van der Waals surface area contributed by atoms with Gasteiger partial charge in [0.25, 0.3) is 0 Å². The Morgan fingerprint density at radius 1 is 1.07 bits per heavy atom. The minimum Gasteiger partial charge on any atom is -0.465 e. The molecule has 0 saturated carbocycles. The van der Waals surface area contributed by atoms with Crippen LogP contribution in [0.15, 0.2) is 42.6 Å². The van der Waals surface area contributed by atoms with Crippen LogP contribution < -0.4 is 5.73 Å². The largest absolute Gasteiger partial charge is 0.465 e. The minimum atomic E-state index is -1.99. The van der Waals surface area contributed by atoms with Crippen molar-refractivity contribution < 1.29 is 14.3 Å². The van der Waals surface area contributed by atoms with Crippen molar-refractivity contribution in [2.45, 2.75) is 76.7 Å². The second-order valence-electron chi connectivity index (χ2n) is 12.5. The van der Waals surface area contributed by atoms with Gasteiger partial charge in [0.05, 0.1) is 23.3 Å². The number of likely N-dealkylation sites (tertiary alicyclic amines) is 2. The molecule has 2 aliphatic rings. The van der Waals surface area contributed by atoms with E-state index >= 15 is 4.39 Å². The van der Waals surface area contributed by atoms with E-state index in [0.29, 0.717) is 52.2 Å². The predicted octanol–water partition coefficient (Wildman–Crippen LogP) is 7.30. The van der Waals surface area contributed by atoms with E-state index in [1.165, 1.54) is 4.90 Å². The van der Waals surface area contributed by atoms with Gasteiger partial charge in [0.2, 0.25) is 0 Å². The zero-order valence-corrected chi connectivity index (χ0v) is 26.9. The van der Waals surface area contributed by atoms with Crippen LogP contribution in [0.2, 0.25) is 16.6 Å². The molecule has 3 heterocycles. The van der Waals surface area contributed by atoms with Crippen LogP contribution in [0.3, 0.4) is 0 Å². The zero-order valence-electron chi connectivity index (χ0n) is 25.1. The lowest BCUT2D eigenvalue weighted by atomic mass is 9.95. The van der Waals surface area contributed by atoms with Crippen LogP contribution in [0, 0.1) is 17.3 Å². The monoisotopic (exact) mass is 602 g/mol. The number of carbonyl (C=O) groups is 1. The van der Waals surface area contributed by atoms with E-state index in [9.17, 15) is 9.90 Å². The molecule has 6 nitrogen and oxygen atoms in total. The first-order chi connectivity index (χ1) is 19.9. The number of halogens is 1. The molecule has 0 radical (unpaired) electrons. The number of anilines is 1. The van der Waals surface area contributed by atoms with E-state index in [-0.39, 0.29) is 23.5 Å². The number of hydrogen-bond donors (Lipinski definition) is 2. The molecule has 9 heteroatoms. The van der Waals surface area contributed by atoms with Gasteiger partial charge in [0.15, 0.2) is 5.82 Å². The van der Waals surface area contributed by atoms with Crippen molar-refractivity contribution in [1.82, 2.24) is 14.8 Å². The number of hydrogen-bond acceptors (Lipinski definition) is 4. The average Bonchev–Trinajstić information content (AvgIpc) is 3.25. The van der Waals surface area contributed by atoms with E-state index in [0.717, 1.165) is 16.3 Å². The van der Waals surface area contributed by atoms with Crippen LogP contribution in [-0.4, -0.2) is 64.2 Å². The highest BCUT2D eigenvalue weighted by atomic mass is 32.1. The fourth-order valence-electron chi connectivity index (χ4n) is 7.36. The summed E-state index contributed by atoms with van der Waals surface area (Å²) in [5, 5.41) is 11.2. The highest BCUT2D eigenvalue weighted by Gasteiger charge is 2.50. The van der Waals surface area contributed by atoms with Crippen LogP contribution >= 0.6 is 12.2 Å². The third-order valence-corrected chi connectivity index (χ3v) is 16.3. The second-order valence-corrected chi connectivity index (χ2v) is 18.4. The number of thiocarbonyl (C=S) groups is 1. The number of amides is 1. The average molecular weight is 603 g/mol. The van der Waals surface area contributed by atoms with Crippen LogP contribution in [0.25, 0.3) is 22.0 Å². The van der Waals surface area contributed by atoms with E-state index in [2.05, 4.69) is 58.0 Å². The normalized spacial score (nSPS) is 18.3. The van der Waals surface area contributed by atoms with E-state index in [1.807, 2.05) is 41.3 Å². The number of nitrogens with two attached hydrogens (primary N) is 1. The van der Waals surface area contributed by atoms with Gasteiger partial charge in [-0.05, 0) is 34.5 Å². The van der Waals surface area contributed by atoms with Gasteiger partial charge in [-0.3, -0.25) is 4.98 Å². The van der Waals surface area contributed by atoms with Gasteiger partial charge in [-0.15, -0.1) is 5.54 Å². The Kier molecular flexibility index (Phi) is 8.07. The summed E-state index contributed by atoms with van der Waals surface area (Å²) in [5.74, 6) is 2.95. The Bertz CT molecular complexity index is 1600. The highest BCUT2D eigenvalue weighted by Crippen LogP contribution is 2.41. The van der Waals surface area contributed by atoms with Gasteiger partial charge >= 0.3 is 6.09 Å². The van der Waals surface area contributed by atoms with Crippen LogP contribution in [0.4, 0.5) is 14.9 Å². The number of nitrogen functional groups attached to an aromatic ring is 1. The second kappa shape index (κ2) is 11.3. The summed E-state index contributed by atoms with van der Waals surface area (Å²) in [6.45, 7) is 14.7. The Morgan fingerprint density at radius 2 is 1.71 bits per heavy atom. The zero-order chi connectivity index (χ0) is 30.5. The molecule has 2 unspecified atom stereocenters. The van der Waals surface area contributed by atoms with E-state index in [1.54, 1.807) is 6.20 Å². The fourth-order valence-corrected chi connectivity index (χ4v) is 12.9. The third kappa shape index (κ3) is 4.75. The summed E-state index contributed by atoms with van der Waals surface area (Å²) in [6.07, 6.45) is 1.31. The van der Waals surface area contributed by atoms with Gasteiger partial charge in [-0.2, -0.15) is 0 Å². The first kappa shape index (κ1) is 30.0. The number of benzene rings is 2. The van der Waals surface area contributed by atoms with Crippen molar-refractivity contribution in [2.24, 2.45) is 0 Å². The smallest absolute Gasteiger partial charge is 0.407 e. The molecule has 42 heavy (non-hydrogen) atoms. The van der Waals surface area contributed by atoms with Crippen molar-refractivity contribution in [3.8, 4) is 22.7 Å². The summed E-state index contributed by atoms with van der Waals surface area (Å²) in [5.41, 5.74) is 13.7. The van der Waals surface area contributed by atoms with Crippen molar-refractivity contribution >= 4 is 47.8 Å². The first-order valence-electron chi connectivity index (χ1n) is 14.7. The minimum absolute atomic E-state index is 0.0203. The fraction of sp³-hybridized carbons (Fsp3) is 0.424. The highest BCUT2D eigenvalue weighted by molar-refractivity contribution is 7.80. The molecule has 1 amide bonds. The molecule has 2 saturated heterocycles. The van der Waals surface area contributed by atoms with Gasteiger partial charge in [0.1, 0.15) is 18.8 Å². The van der Waals surface area contributed by atoms with Crippen LogP contribution in [-0.2, 0) is 0 Å². The Morgan fingerprint density at radius 3 is 2.33 bits per heavy atom. The summed E-state index contributed by atoms with van der Waals surface area (Å²) >= 11 is 5.72. The summed E-state index contributed by atoms with van der Waals surface area (Å²) in [4.78, 5) is 19.9. The SMILES string of the molecule is CC(C)[Si](C#Cc1cccc2cccc(-c3ncc(C(=S)N4CC5C4CCN5C(=O)O)c(N)c3F)c12)(C(C)C)C(C)C. The Labute approximate surface area is 254 Å². The van der Waals surface area contributed by atoms with E-state index in [4.69, 9.17) is 18.0 Å². The molecule has 2 atom stereocenters.